The lowest BCUT2D eigenvalue weighted by molar-refractivity contribution is -0.157. The van der Waals surface area contributed by atoms with E-state index in [1.165, 1.54) is 12.8 Å². The number of rotatable bonds is 1. The van der Waals surface area contributed by atoms with Crippen LogP contribution in [0.3, 0.4) is 0 Å². The third kappa shape index (κ3) is 2.07. The highest BCUT2D eigenvalue weighted by Crippen LogP contribution is 2.66. The molecule has 3 heteroatoms. The Labute approximate surface area is 145 Å². The number of carbonyl (C=O) groups is 1. The first kappa shape index (κ1) is 16.8. The number of carbonyl (C=O) groups excluding carboxylic acids is 1. The second-order valence-electron chi connectivity index (χ2n) is 9.53. The van der Waals surface area contributed by atoms with Crippen LogP contribution < -0.4 is 0 Å². The van der Waals surface area contributed by atoms with Crippen molar-refractivity contribution in [2.75, 3.05) is 0 Å². The van der Waals surface area contributed by atoms with Gasteiger partial charge in [0.25, 0.3) is 0 Å². The van der Waals surface area contributed by atoms with Crippen molar-refractivity contribution in [2.24, 2.45) is 34.5 Å². The molecule has 0 bridgehead atoms. The van der Waals surface area contributed by atoms with Crippen LogP contribution >= 0.6 is 0 Å². The fraction of sp³-hybridized carbons (Fsp3) is 0.857. The summed E-state index contributed by atoms with van der Waals surface area (Å²) in [6.45, 7) is 6.21. The van der Waals surface area contributed by atoms with Crippen molar-refractivity contribution < 1.29 is 15.0 Å². The molecule has 134 valence electrons. The molecule has 0 aromatic carbocycles. The van der Waals surface area contributed by atoms with E-state index in [1.54, 1.807) is 6.92 Å². The van der Waals surface area contributed by atoms with Crippen molar-refractivity contribution in [1.29, 1.82) is 0 Å². The first-order valence-corrected chi connectivity index (χ1v) is 9.86. The van der Waals surface area contributed by atoms with Crippen LogP contribution in [-0.4, -0.2) is 28.2 Å². The zero-order valence-electron chi connectivity index (χ0n) is 15.3. The van der Waals surface area contributed by atoms with Gasteiger partial charge in [0.2, 0.25) is 0 Å². The Morgan fingerprint density at radius 3 is 2.58 bits per heavy atom. The van der Waals surface area contributed by atoms with Gasteiger partial charge in [-0.15, -0.1) is 0 Å². The van der Waals surface area contributed by atoms with Crippen molar-refractivity contribution in [1.82, 2.24) is 0 Å². The highest BCUT2D eigenvalue weighted by Gasteiger charge is 2.62. The Morgan fingerprint density at radius 2 is 1.88 bits per heavy atom. The number of hydrogen-bond donors (Lipinski definition) is 2. The van der Waals surface area contributed by atoms with Gasteiger partial charge in [-0.1, -0.05) is 19.9 Å². The number of ketones is 1. The molecule has 4 aliphatic rings. The maximum absolute atomic E-state index is 12.1. The SMILES string of the molecule is CC(=O)C1=CC[C@H]2[C@@H]3CCC4CC(O)CC[C@]4(C)[C@H]3CC(O)[C@]12C. The fourth-order valence-electron chi connectivity index (χ4n) is 7.31. The number of allylic oxidation sites excluding steroid dienone is 1. The summed E-state index contributed by atoms with van der Waals surface area (Å²) in [7, 11) is 0. The number of Topliss-reactive ketones (excluding diaryl/α,β-unsaturated/α-hetero) is 1. The van der Waals surface area contributed by atoms with E-state index in [9.17, 15) is 15.0 Å². The number of aliphatic hydroxyl groups is 2. The predicted molar refractivity (Wildman–Crippen MR) is 93.3 cm³/mol. The average molecular weight is 332 g/mol. The summed E-state index contributed by atoms with van der Waals surface area (Å²) in [5.41, 5.74) is 0.790. The topological polar surface area (TPSA) is 57.5 Å². The van der Waals surface area contributed by atoms with Gasteiger partial charge in [0.05, 0.1) is 12.2 Å². The maximum atomic E-state index is 12.1. The molecule has 0 aromatic heterocycles. The molecule has 0 saturated heterocycles. The number of fused-ring (bicyclic) bond motifs is 5. The Bertz CT molecular complexity index is 582. The largest absolute Gasteiger partial charge is 0.393 e. The molecule has 3 saturated carbocycles. The Morgan fingerprint density at radius 1 is 1.12 bits per heavy atom. The van der Waals surface area contributed by atoms with Crippen molar-refractivity contribution in [3.63, 3.8) is 0 Å². The van der Waals surface area contributed by atoms with Crippen LogP contribution in [0, 0.1) is 34.5 Å². The minimum atomic E-state index is -0.413. The molecule has 0 aromatic rings. The van der Waals surface area contributed by atoms with Crippen molar-refractivity contribution >= 4 is 5.78 Å². The summed E-state index contributed by atoms with van der Waals surface area (Å²) in [5, 5.41) is 21.2. The van der Waals surface area contributed by atoms with Crippen LogP contribution in [0.15, 0.2) is 11.6 Å². The third-order valence-electron chi connectivity index (χ3n) is 8.71. The lowest BCUT2D eigenvalue weighted by Gasteiger charge is -2.61. The lowest BCUT2D eigenvalue weighted by atomic mass is 9.44. The Hall–Kier alpha value is -0.670. The van der Waals surface area contributed by atoms with Crippen molar-refractivity contribution in [3.05, 3.63) is 11.6 Å². The van der Waals surface area contributed by atoms with E-state index in [2.05, 4.69) is 19.9 Å². The average Bonchev–Trinajstić information content (AvgIpc) is 2.88. The smallest absolute Gasteiger partial charge is 0.156 e. The monoisotopic (exact) mass is 332 g/mol. The number of aliphatic hydroxyl groups excluding tert-OH is 2. The van der Waals surface area contributed by atoms with Crippen LogP contribution in [0.1, 0.15) is 65.7 Å². The van der Waals surface area contributed by atoms with Gasteiger partial charge in [0.1, 0.15) is 0 Å². The molecular weight excluding hydrogens is 300 g/mol. The van der Waals surface area contributed by atoms with Gasteiger partial charge < -0.3 is 10.2 Å². The molecule has 3 unspecified atom stereocenters. The molecule has 3 fully saturated rings. The maximum Gasteiger partial charge on any atom is 0.156 e. The molecule has 0 radical (unpaired) electrons. The molecule has 0 spiro atoms. The molecule has 0 aliphatic heterocycles. The van der Waals surface area contributed by atoms with Crippen molar-refractivity contribution in [3.8, 4) is 0 Å². The first-order valence-electron chi connectivity index (χ1n) is 9.86. The van der Waals surface area contributed by atoms with E-state index in [0.717, 1.165) is 37.7 Å². The molecular formula is C21H32O3. The Kier molecular flexibility index (Phi) is 3.78. The number of hydrogen-bond acceptors (Lipinski definition) is 3. The van der Waals surface area contributed by atoms with E-state index >= 15 is 0 Å². The standard InChI is InChI=1S/C21H32O3/c1-12(22)16-6-7-17-15-5-4-13-10-14(23)8-9-20(13,2)18(15)11-19(24)21(16,17)3/h6,13-15,17-19,23-24H,4-5,7-11H2,1-3H3/t13?,14?,15-,17-,18-,19?,20-,21+/m0/s1. The van der Waals surface area contributed by atoms with Gasteiger partial charge in [-0.25, -0.2) is 0 Å². The molecule has 24 heavy (non-hydrogen) atoms. The van der Waals surface area contributed by atoms with Gasteiger partial charge >= 0.3 is 0 Å². The summed E-state index contributed by atoms with van der Waals surface area (Å²) >= 11 is 0. The van der Waals surface area contributed by atoms with E-state index in [-0.39, 0.29) is 22.7 Å². The zero-order valence-corrected chi connectivity index (χ0v) is 15.3. The summed E-state index contributed by atoms with van der Waals surface area (Å²) in [6, 6.07) is 0. The van der Waals surface area contributed by atoms with Crippen LogP contribution in [-0.2, 0) is 4.79 Å². The summed E-state index contributed by atoms with van der Waals surface area (Å²) in [5.74, 6) is 2.30. The molecule has 2 N–H and O–H groups in total. The summed E-state index contributed by atoms with van der Waals surface area (Å²) in [4.78, 5) is 12.1. The van der Waals surface area contributed by atoms with Gasteiger partial charge in [0.15, 0.2) is 5.78 Å². The molecule has 0 heterocycles. The summed E-state index contributed by atoms with van der Waals surface area (Å²) < 4.78 is 0. The highest BCUT2D eigenvalue weighted by molar-refractivity contribution is 5.95. The normalized spacial score (nSPS) is 53.6. The Balaban J connectivity index is 1.67. The van der Waals surface area contributed by atoms with Gasteiger partial charge in [0, 0.05) is 5.41 Å². The zero-order chi connectivity index (χ0) is 17.3. The van der Waals surface area contributed by atoms with Gasteiger partial charge in [-0.05, 0) is 86.5 Å². The quantitative estimate of drug-likeness (QED) is 0.773. The first-order chi connectivity index (χ1) is 11.3. The van der Waals surface area contributed by atoms with Crippen LogP contribution in [0.5, 0.6) is 0 Å². The predicted octanol–water partition coefficient (Wildman–Crippen LogP) is 3.49. The summed E-state index contributed by atoms with van der Waals surface area (Å²) in [6.07, 6.45) is 8.69. The second-order valence-corrected chi connectivity index (χ2v) is 9.53. The highest BCUT2D eigenvalue weighted by atomic mass is 16.3. The lowest BCUT2D eigenvalue weighted by Crippen LogP contribution is -2.58. The van der Waals surface area contributed by atoms with E-state index < -0.39 is 6.10 Å². The van der Waals surface area contributed by atoms with Gasteiger partial charge in [-0.2, -0.15) is 0 Å². The molecule has 4 aliphatic carbocycles. The molecule has 8 atom stereocenters. The van der Waals surface area contributed by atoms with Crippen LogP contribution in [0.4, 0.5) is 0 Å². The van der Waals surface area contributed by atoms with Gasteiger partial charge in [-0.3, -0.25) is 4.79 Å². The van der Waals surface area contributed by atoms with Crippen LogP contribution in [0.25, 0.3) is 0 Å². The van der Waals surface area contributed by atoms with E-state index in [1.807, 2.05) is 0 Å². The third-order valence-corrected chi connectivity index (χ3v) is 8.71. The van der Waals surface area contributed by atoms with E-state index in [4.69, 9.17) is 0 Å². The van der Waals surface area contributed by atoms with Crippen molar-refractivity contribution in [2.45, 2.75) is 77.9 Å². The minimum Gasteiger partial charge on any atom is -0.393 e. The molecule has 4 rings (SSSR count). The molecule has 0 amide bonds. The second kappa shape index (κ2) is 5.41. The molecule has 3 nitrogen and oxygen atoms in total. The fourth-order valence-corrected chi connectivity index (χ4v) is 7.31. The van der Waals surface area contributed by atoms with E-state index in [0.29, 0.717) is 23.7 Å². The minimum absolute atomic E-state index is 0.129. The van der Waals surface area contributed by atoms with Crippen LogP contribution in [0.2, 0.25) is 0 Å².